The summed E-state index contributed by atoms with van der Waals surface area (Å²) >= 11 is 5.79. The SMILES string of the molecule is O=C(O)c1c(-c2cccc(F)c2F)oc2ccc(Cl)cc2c1=O. The van der Waals surface area contributed by atoms with Crippen LogP contribution >= 0.6 is 11.6 Å². The molecule has 7 heteroatoms. The molecule has 1 heterocycles. The quantitative estimate of drug-likeness (QED) is 0.765. The van der Waals surface area contributed by atoms with Gasteiger partial charge in [0, 0.05) is 5.02 Å². The number of carboxylic acids is 1. The summed E-state index contributed by atoms with van der Waals surface area (Å²) in [6, 6.07) is 7.22. The van der Waals surface area contributed by atoms with Crippen LogP contribution in [-0.4, -0.2) is 11.1 Å². The molecule has 1 aromatic heterocycles. The molecule has 0 fully saturated rings. The number of fused-ring (bicyclic) bond motifs is 1. The summed E-state index contributed by atoms with van der Waals surface area (Å²) in [5, 5.41) is 9.44. The highest BCUT2D eigenvalue weighted by Crippen LogP contribution is 2.30. The van der Waals surface area contributed by atoms with E-state index in [0.29, 0.717) is 0 Å². The van der Waals surface area contributed by atoms with Crippen LogP contribution in [0.3, 0.4) is 0 Å². The molecule has 0 amide bonds. The van der Waals surface area contributed by atoms with Crippen LogP contribution in [0.15, 0.2) is 45.6 Å². The lowest BCUT2D eigenvalue weighted by Gasteiger charge is -2.08. The van der Waals surface area contributed by atoms with Crippen LogP contribution in [0.25, 0.3) is 22.3 Å². The maximum absolute atomic E-state index is 14.0. The molecule has 0 saturated heterocycles. The van der Waals surface area contributed by atoms with Crippen molar-refractivity contribution in [3.8, 4) is 11.3 Å². The number of carbonyl (C=O) groups is 1. The van der Waals surface area contributed by atoms with Crippen molar-refractivity contribution >= 4 is 28.5 Å². The van der Waals surface area contributed by atoms with Gasteiger partial charge >= 0.3 is 5.97 Å². The van der Waals surface area contributed by atoms with Crippen LogP contribution in [0.4, 0.5) is 8.78 Å². The molecule has 0 bridgehead atoms. The van der Waals surface area contributed by atoms with Gasteiger partial charge < -0.3 is 9.52 Å². The van der Waals surface area contributed by atoms with Gasteiger partial charge in [-0.15, -0.1) is 0 Å². The molecule has 0 aliphatic carbocycles. The lowest BCUT2D eigenvalue weighted by atomic mass is 10.0. The molecule has 2 aromatic carbocycles. The summed E-state index contributed by atoms with van der Waals surface area (Å²) in [4.78, 5) is 23.8. The summed E-state index contributed by atoms with van der Waals surface area (Å²) in [7, 11) is 0. The molecule has 116 valence electrons. The fraction of sp³-hybridized carbons (Fsp3) is 0. The first kappa shape index (κ1) is 15.2. The van der Waals surface area contributed by atoms with Crippen molar-refractivity contribution in [3.05, 3.63) is 68.8 Å². The molecule has 0 spiro atoms. The Morgan fingerprint density at radius 2 is 1.91 bits per heavy atom. The third-order valence-corrected chi connectivity index (χ3v) is 3.50. The van der Waals surface area contributed by atoms with Gasteiger partial charge in [0.15, 0.2) is 23.0 Å². The summed E-state index contributed by atoms with van der Waals surface area (Å²) in [6.45, 7) is 0. The first-order valence-corrected chi connectivity index (χ1v) is 6.72. The molecule has 23 heavy (non-hydrogen) atoms. The van der Waals surface area contributed by atoms with E-state index in [1.807, 2.05) is 0 Å². The summed E-state index contributed by atoms with van der Waals surface area (Å²) in [5.41, 5.74) is -2.11. The highest BCUT2D eigenvalue weighted by Gasteiger charge is 2.24. The Kier molecular flexibility index (Phi) is 3.61. The molecule has 3 aromatic rings. The Hall–Kier alpha value is -2.73. The molecule has 0 aliphatic heterocycles. The second kappa shape index (κ2) is 5.48. The predicted molar refractivity (Wildman–Crippen MR) is 79.8 cm³/mol. The average molecular weight is 337 g/mol. The van der Waals surface area contributed by atoms with Gasteiger partial charge in [0.05, 0.1) is 10.9 Å². The Morgan fingerprint density at radius 1 is 1.17 bits per heavy atom. The number of carboxylic acid groups (broad SMARTS) is 1. The second-order valence-electron chi connectivity index (χ2n) is 4.68. The molecule has 0 radical (unpaired) electrons. The van der Waals surface area contributed by atoms with Gasteiger partial charge in [0.25, 0.3) is 0 Å². The van der Waals surface area contributed by atoms with Crippen molar-refractivity contribution in [1.29, 1.82) is 0 Å². The first-order valence-electron chi connectivity index (χ1n) is 6.34. The lowest BCUT2D eigenvalue weighted by Crippen LogP contribution is -2.17. The zero-order valence-electron chi connectivity index (χ0n) is 11.3. The molecule has 0 aliphatic rings. The minimum atomic E-state index is -1.61. The summed E-state index contributed by atoms with van der Waals surface area (Å²) < 4.78 is 32.7. The van der Waals surface area contributed by atoms with Crippen molar-refractivity contribution in [1.82, 2.24) is 0 Å². The van der Waals surface area contributed by atoms with Crippen LogP contribution in [-0.2, 0) is 0 Å². The second-order valence-corrected chi connectivity index (χ2v) is 5.12. The molecule has 1 N–H and O–H groups in total. The number of halogens is 3. The van der Waals surface area contributed by atoms with E-state index >= 15 is 0 Å². The largest absolute Gasteiger partial charge is 0.477 e. The van der Waals surface area contributed by atoms with Crippen molar-refractivity contribution < 1.29 is 23.1 Å². The highest BCUT2D eigenvalue weighted by atomic mass is 35.5. The van der Waals surface area contributed by atoms with Gasteiger partial charge in [-0.25, -0.2) is 13.6 Å². The number of benzene rings is 2. The molecule has 4 nitrogen and oxygen atoms in total. The summed E-state index contributed by atoms with van der Waals surface area (Å²) in [6.07, 6.45) is 0. The third kappa shape index (κ3) is 2.47. The van der Waals surface area contributed by atoms with E-state index < -0.39 is 39.9 Å². The Balaban J connectivity index is 2.48. The molecular weight excluding hydrogens is 330 g/mol. The molecule has 0 saturated carbocycles. The van der Waals surface area contributed by atoms with E-state index in [-0.39, 0.29) is 16.0 Å². The monoisotopic (exact) mass is 336 g/mol. The number of hydrogen-bond donors (Lipinski definition) is 1. The van der Waals surface area contributed by atoms with E-state index in [4.69, 9.17) is 16.0 Å². The fourth-order valence-corrected chi connectivity index (χ4v) is 2.40. The maximum atomic E-state index is 14.0. The molecular formula is C16H7ClF2O4. The van der Waals surface area contributed by atoms with Crippen LogP contribution in [0.2, 0.25) is 5.02 Å². The van der Waals surface area contributed by atoms with Crippen LogP contribution in [0, 0.1) is 11.6 Å². The Bertz CT molecular complexity index is 1010. The topological polar surface area (TPSA) is 67.5 Å². The van der Waals surface area contributed by atoms with Crippen molar-refractivity contribution in [2.24, 2.45) is 0 Å². The van der Waals surface area contributed by atoms with Crippen LogP contribution in [0.1, 0.15) is 10.4 Å². The van der Waals surface area contributed by atoms with Gasteiger partial charge in [-0.1, -0.05) is 17.7 Å². The molecule has 0 unspecified atom stereocenters. The minimum Gasteiger partial charge on any atom is -0.477 e. The van der Waals surface area contributed by atoms with Crippen molar-refractivity contribution in [3.63, 3.8) is 0 Å². The van der Waals surface area contributed by atoms with Gasteiger partial charge in [0.1, 0.15) is 5.58 Å². The average Bonchev–Trinajstić information content (AvgIpc) is 2.50. The third-order valence-electron chi connectivity index (χ3n) is 3.26. The normalized spacial score (nSPS) is 10.9. The van der Waals surface area contributed by atoms with Gasteiger partial charge in [-0.05, 0) is 30.3 Å². The standard InChI is InChI=1S/C16H7ClF2O4/c17-7-4-5-11-9(6-7)14(20)12(16(21)22)15(23-11)8-2-1-3-10(18)13(8)19/h1-6H,(H,21,22). The van der Waals surface area contributed by atoms with Crippen LogP contribution in [0.5, 0.6) is 0 Å². The first-order chi connectivity index (χ1) is 10.9. The predicted octanol–water partition coefficient (Wildman–Crippen LogP) is 4.09. The molecule has 3 rings (SSSR count). The van der Waals surface area contributed by atoms with Gasteiger partial charge in [0.2, 0.25) is 5.43 Å². The lowest BCUT2D eigenvalue weighted by molar-refractivity contribution is 0.0694. The van der Waals surface area contributed by atoms with E-state index in [2.05, 4.69) is 0 Å². The fourth-order valence-electron chi connectivity index (χ4n) is 2.23. The smallest absolute Gasteiger partial charge is 0.343 e. The Morgan fingerprint density at radius 3 is 2.61 bits per heavy atom. The highest BCUT2D eigenvalue weighted by molar-refractivity contribution is 6.31. The molecule has 0 atom stereocenters. The Labute approximate surface area is 132 Å². The van der Waals surface area contributed by atoms with Crippen LogP contribution < -0.4 is 5.43 Å². The van der Waals surface area contributed by atoms with E-state index in [1.54, 1.807) is 0 Å². The summed E-state index contributed by atoms with van der Waals surface area (Å²) in [5.74, 6) is -4.64. The van der Waals surface area contributed by atoms with E-state index in [1.165, 1.54) is 24.3 Å². The minimum absolute atomic E-state index is 0.0167. The maximum Gasteiger partial charge on any atom is 0.343 e. The number of rotatable bonds is 2. The van der Waals surface area contributed by atoms with Gasteiger partial charge in [-0.2, -0.15) is 0 Å². The van der Waals surface area contributed by atoms with E-state index in [9.17, 15) is 23.5 Å². The number of hydrogen-bond acceptors (Lipinski definition) is 3. The van der Waals surface area contributed by atoms with E-state index in [0.717, 1.165) is 12.1 Å². The zero-order valence-corrected chi connectivity index (χ0v) is 12.0. The zero-order chi connectivity index (χ0) is 16.7. The number of aromatic carboxylic acids is 1. The van der Waals surface area contributed by atoms with Crippen molar-refractivity contribution in [2.45, 2.75) is 0 Å². The van der Waals surface area contributed by atoms with Crippen molar-refractivity contribution in [2.75, 3.05) is 0 Å². The van der Waals surface area contributed by atoms with Gasteiger partial charge in [-0.3, -0.25) is 4.79 Å².